The molecule has 0 atom stereocenters. The van der Waals surface area contributed by atoms with Gasteiger partial charge in [-0.3, -0.25) is 4.79 Å². The van der Waals surface area contributed by atoms with Crippen LogP contribution in [0.5, 0.6) is 0 Å². The molecule has 1 aliphatic heterocycles. The summed E-state index contributed by atoms with van der Waals surface area (Å²) in [5.41, 5.74) is 9.86. The van der Waals surface area contributed by atoms with Crippen LogP contribution in [-0.2, 0) is 0 Å². The third-order valence-corrected chi connectivity index (χ3v) is 5.97. The number of hydrogen-bond acceptors (Lipinski definition) is 4. The van der Waals surface area contributed by atoms with Crippen LogP contribution >= 0.6 is 11.6 Å². The van der Waals surface area contributed by atoms with E-state index in [0.29, 0.717) is 21.8 Å². The molecule has 1 fully saturated rings. The van der Waals surface area contributed by atoms with E-state index in [1.54, 1.807) is 18.2 Å². The molecule has 0 spiro atoms. The lowest BCUT2D eigenvalue weighted by Gasteiger charge is -2.29. The maximum Gasteiger partial charge on any atom is 0.255 e. The van der Waals surface area contributed by atoms with E-state index in [4.69, 9.17) is 17.3 Å². The van der Waals surface area contributed by atoms with Crippen molar-refractivity contribution in [3.05, 3.63) is 82.9 Å². The number of anilines is 2. The van der Waals surface area contributed by atoms with Gasteiger partial charge in [0, 0.05) is 35.5 Å². The molecule has 0 radical (unpaired) electrons. The van der Waals surface area contributed by atoms with Crippen molar-refractivity contribution in [3.8, 4) is 11.1 Å². The summed E-state index contributed by atoms with van der Waals surface area (Å²) in [6.07, 6.45) is 3.56. The van der Waals surface area contributed by atoms with E-state index in [9.17, 15) is 10.0 Å². The first-order chi connectivity index (χ1) is 15.6. The van der Waals surface area contributed by atoms with Crippen LogP contribution in [0.2, 0.25) is 5.02 Å². The Morgan fingerprint density at radius 3 is 2.47 bits per heavy atom. The lowest BCUT2D eigenvalue weighted by molar-refractivity contribution is 0.102. The largest absolute Gasteiger partial charge is 0.409 e. The number of halogens is 1. The molecule has 6 nitrogen and oxygen atoms in total. The number of carbonyl (C=O) groups excluding carboxylic acids is 1. The standard InChI is InChI=1S/C25H25ClN4O2/c26-22-16-23(21(24(27)29-32)15-20(22)17-8-3-1-4-9-17)28-25(31)18-10-7-11-19(14-18)30-12-5-2-6-13-30/h1,3-4,7-11,14-16,32H,2,5-6,12-13H2,(H2,27,29)(H,28,31). The number of rotatable bonds is 5. The van der Waals surface area contributed by atoms with E-state index in [2.05, 4.69) is 15.4 Å². The quantitative estimate of drug-likeness (QED) is 0.212. The minimum atomic E-state index is -0.292. The Hall–Kier alpha value is -3.51. The van der Waals surface area contributed by atoms with Gasteiger partial charge in [0.15, 0.2) is 5.84 Å². The van der Waals surface area contributed by atoms with Crippen molar-refractivity contribution >= 4 is 34.7 Å². The Morgan fingerprint density at radius 2 is 1.75 bits per heavy atom. The Kier molecular flexibility index (Phi) is 6.61. The summed E-state index contributed by atoms with van der Waals surface area (Å²) >= 11 is 6.54. The maximum atomic E-state index is 13.1. The molecule has 0 saturated carbocycles. The number of amidine groups is 1. The summed E-state index contributed by atoms with van der Waals surface area (Å²) in [6, 6.07) is 20.5. The molecule has 1 amide bonds. The van der Waals surface area contributed by atoms with Gasteiger partial charge in [0.05, 0.1) is 10.7 Å². The van der Waals surface area contributed by atoms with Crippen LogP contribution < -0.4 is 16.0 Å². The molecule has 3 aromatic rings. The van der Waals surface area contributed by atoms with Crippen LogP contribution in [0.25, 0.3) is 11.1 Å². The van der Waals surface area contributed by atoms with Crippen LogP contribution in [0.3, 0.4) is 0 Å². The second-order valence-corrected chi connectivity index (χ2v) is 8.19. The highest BCUT2D eigenvalue weighted by Gasteiger charge is 2.18. The van der Waals surface area contributed by atoms with Gasteiger partial charge in [0.25, 0.3) is 5.91 Å². The molecule has 4 N–H and O–H groups in total. The van der Waals surface area contributed by atoms with Crippen molar-refractivity contribution in [2.45, 2.75) is 19.3 Å². The Morgan fingerprint density at radius 1 is 1.00 bits per heavy atom. The van der Waals surface area contributed by atoms with Gasteiger partial charge in [0.2, 0.25) is 0 Å². The van der Waals surface area contributed by atoms with Gasteiger partial charge < -0.3 is 21.2 Å². The number of amides is 1. The average molecular weight is 449 g/mol. The minimum absolute atomic E-state index is 0.115. The number of nitrogens with two attached hydrogens (primary N) is 1. The van der Waals surface area contributed by atoms with E-state index in [0.717, 1.165) is 42.7 Å². The van der Waals surface area contributed by atoms with Gasteiger partial charge in [0.1, 0.15) is 0 Å². The molecule has 1 saturated heterocycles. The molecule has 1 aliphatic rings. The summed E-state index contributed by atoms with van der Waals surface area (Å²) in [6.45, 7) is 1.99. The van der Waals surface area contributed by atoms with Gasteiger partial charge >= 0.3 is 0 Å². The lowest BCUT2D eigenvalue weighted by atomic mass is 10.0. The highest BCUT2D eigenvalue weighted by molar-refractivity contribution is 6.34. The third kappa shape index (κ3) is 4.70. The molecule has 4 rings (SSSR count). The monoisotopic (exact) mass is 448 g/mol. The predicted octanol–water partition coefficient (Wildman–Crippen LogP) is 5.34. The summed E-state index contributed by atoms with van der Waals surface area (Å²) < 4.78 is 0. The van der Waals surface area contributed by atoms with Crippen molar-refractivity contribution in [2.24, 2.45) is 10.9 Å². The first kappa shape index (κ1) is 21.7. The number of piperidine rings is 1. The normalized spacial score (nSPS) is 14.3. The van der Waals surface area contributed by atoms with Gasteiger partial charge in [-0.2, -0.15) is 0 Å². The van der Waals surface area contributed by atoms with Crippen LogP contribution in [0.1, 0.15) is 35.2 Å². The number of benzene rings is 3. The van der Waals surface area contributed by atoms with Gasteiger partial charge in [-0.05, 0) is 55.2 Å². The zero-order valence-corrected chi connectivity index (χ0v) is 18.3. The number of carbonyl (C=O) groups is 1. The number of hydrogen-bond donors (Lipinski definition) is 3. The molecule has 0 bridgehead atoms. The van der Waals surface area contributed by atoms with Crippen molar-refractivity contribution in [2.75, 3.05) is 23.3 Å². The highest BCUT2D eigenvalue weighted by Crippen LogP contribution is 2.33. The number of nitrogens with zero attached hydrogens (tertiary/aromatic N) is 2. The van der Waals surface area contributed by atoms with Crippen molar-refractivity contribution in [1.29, 1.82) is 0 Å². The van der Waals surface area contributed by atoms with E-state index in [1.807, 2.05) is 48.5 Å². The van der Waals surface area contributed by atoms with Crippen LogP contribution in [0.4, 0.5) is 11.4 Å². The van der Waals surface area contributed by atoms with E-state index < -0.39 is 0 Å². The molecular formula is C25H25ClN4O2. The molecule has 0 aliphatic carbocycles. The van der Waals surface area contributed by atoms with Crippen molar-refractivity contribution in [3.63, 3.8) is 0 Å². The average Bonchev–Trinajstić information content (AvgIpc) is 2.85. The van der Waals surface area contributed by atoms with Crippen LogP contribution in [0, 0.1) is 0 Å². The predicted molar refractivity (Wildman–Crippen MR) is 130 cm³/mol. The smallest absolute Gasteiger partial charge is 0.255 e. The second-order valence-electron chi connectivity index (χ2n) is 7.78. The van der Waals surface area contributed by atoms with Crippen molar-refractivity contribution in [1.82, 2.24) is 0 Å². The van der Waals surface area contributed by atoms with Crippen LogP contribution in [-0.4, -0.2) is 30.0 Å². The highest BCUT2D eigenvalue weighted by atomic mass is 35.5. The minimum Gasteiger partial charge on any atom is -0.409 e. The molecule has 7 heteroatoms. The summed E-state index contributed by atoms with van der Waals surface area (Å²) in [7, 11) is 0. The fourth-order valence-electron chi connectivity index (χ4n) is 3.97. The lowest BCUT2D eigenvalue weighted by Crippen LogP contribution is -2.29. The summed E-state index contributed by atoms with van der Waals surface area (Å²) in [4.78, 5) is 15.4. The summed E-state index contributed by atoms with van der Waals surface area (Å²) in [5, 5.41) is 15.7. The van der Waals surface area contributed by atoms with Crippen LogP contribution in [0.15, 0.2) is 71.9 Å². The zero-order valence-electron chi connectivity index (χ0n) is 17.6. The molecule has 3 aromatic carbocycles. The zero-order chi connectivity index (χ0) is 22.5. The van der Waals surface area contributed by atoms with Gasteiger partial charge in [-0.1, -0.05) is 53.2 Å². The third-order valence-electron chi connectivity index (χ3n) is 5.65. The molecule has 32 heavy (non-hydrogen) atoms. The van der Waals surface area contributed by atoms with Gasteiger partial charge in [-0.25, -0.2) is 0 Å². The summed E-state index contributed by atoms with van der Waals surface area (Å²) in [5.74, 6) is -0.407. The Bertz CT molecular complexity index is 1140. The van der Waals surface area contributed by atoms with Crippen molar-refractivity contribution < 1.29 is 10.0 Å². The number of nitrogens with one attached hydrogen (secondary N) is 1. The fraction of sp³-hybridized carbons (Fsp3) is 0.200. The molecular weight excluding hydrogens is 424 g/mol. The fourth-order valence-corrected chi connectivity index (χ4v) is 4.24. The van der Waals surface area contributed by atoms with E-state index in [-0.39, 0.29) is 11.7 Å². The first-order valence-corrected chi connectivity index (χ1v) is 11.0. The Balaban J connectivity index is 1.65. The molecule has 0 unspecified atom stereocenters. The van der Waals surface area contributed by atoms with Gasteiger partial charge in [-0.15, -0.1) is 0 Å². The second kappa shape index (κ2) is 9.75. The molecule has 0 aromatic heterocycles. The molecule has 164 valence electrons. The Labute approximate surface area is 192 Å². The SMILES string of the molecule is N/C(=N\O)c1cc(-c2ccccc2)c(Cl)cc1NC(=O)c1cccc(N2CCCCC2)c1. The number of oxime groups is 1. The molecule has 1 heterocycles. The first-order valence-electron chi connectivity index (χ1n) is 10.6. The topological polar surface area (TPSA) is 91.0 Å². The van der Waals surface area contributed by atoms with E-state index >= 15 is 0 Å². The maximum absolute atomic E-state index is 13.1. The van der Waals surface area contributed by atoms with E-state index in [1.165, 1.54) is 6.42 Å².